The van der Waals surface area contributed by atoms with Crippen molar-refractivity contribution < 1.29 is 9.53 Å². The summed E-state index contributed by atoms with van der Waals surface area (Å²) in [5, 5.41) is 0. The highest BCUT2D eigenvalue weighted by Crippen LogP contribution is 2.15. The van der Waals surface area contributed by atoms with Crippen LogP contribution in [0.5, 0.6) is 5.75 Å². The number of ether oxygens (including phenoxy) is 1. The first-order valence-corrected chi connectivity index (χ1v) is 3.24. The van der Waals surface area contributed by atoms with Crippen molar-refractivity contribution in [1.29, 1.82) is 0 Å². The van der Waals surface area contributed by atoms with Gasteiger partial charge in [-0.05, 0) is 6.07 Å². The first-order chi connectivity index (χ1) is 5.65. The number of hydrogen-bond donors (Lipinski definition) is 2. The number of aromatic nitrogens is 1. The van der Waals surface area contributed by atoms with Gasteiger partial charge in [0.15, 0.2) is 0 Å². The number of carbonyl (C=O) groups excluding carboxylic acids is 1. The van der Waals surface area contributed by atoms with E-state index in [4.69, 9.17) is 16.2 Å². The van der Waals surface area contributed by atoms with E-state index >= 15 is 0 Å². The maximum atomic E-state index is 10.7. The molecule has 0 aliphatic heterocycles. The zero-order chi connectivity index (χ0) is 9.14. The van der Waals surface area contributed by atoms with Crippen molar-refractivity contribution in [3.63, 3.8) is 0 Å². The number of carbonyl (C=O) groups is 1. The number of methoxy groups -OCH3 is 1. The predicted molar refractivity (Wildman–Crippen MR) is 43.7 cm³/mol. The van der Waals surface area contributed by atoms with Gasteiger partial charge in [-0.1, -0.05) is 0 Å². The molecule has 0 aliphatic carbocycles. The van der Waals surface area contributed by atoms with Crippen molar-refractivity contribution in [2.24, 2.45) is 5.73 Å². The van der Waals surface area contributed by atoms with Gasteiger partial charge in [0.1, 0.15) is 11.6 Å². The van der Waals surface area contributed by atoms with Gasteiger partial charge in [0.05, 0.1) is 18.9 Å². The largest absolute Gasteiger partial charge is 0.495 e. The van der Waals surface area contributed by atoms with Crippen LogP contribution in [0.3, 0.4) is 0 Å². The number of nitrogens with two attached hydrogens (primary N) is 2. The lowest BCUT2D eigenvalue weighted by Crippen LogP contribution is -2.14. The molecule has 0 spiro atoms. The first-order valence-electron chi connectivity index (χ1n) is 3.24. The quantitative estimate of drug-likeness (QED) is 0.636. The number of pyridine rings is 1. The van der Waals surface area contributed by atoms with E-state index in [2.05, 4.69) is 4.98 Å². The minimum atomic E-state index is -0.612. The highest BCUT2D eigenvalue weighted by atomic mass is 16.5. The molecule has 0 unspecified atom stereocenters. The molecule has 4 N–H and O–H groups in total. The van der Waals surface area contributed by atoms with Crippen molar-refractivity contribution in [2.75, 3.05) is 12.8 Å². The summed E-state index contributed by atoms with van der Waals surface area (Å²) in [7, 11) is 1.47. The zero-order valence-corrected chi connectivity index (χ0v) is 6.57. The Morgan fingerprint density at radius 1 is 1.67 bits per heavy atom. The van der Waals surface area contributed by atoms with Crippen LogP contribution in [0.25, 0.3) is 0 Å². The van der Waals surface area contributed by atoms with Crippen molar-refractivity contribution in [3.8, 4) is 5.75 Å². The summed E-state index contributed by atoms with van der Waals surface area (Å²) >= 11 is 0. The third kappa shape index (κ3) is 1.45. The van der Waals surface area contributed by atoms with Crippen LogP contribution in [0, 0.1) is 0 Å². The molecule has 0 saturated heterocycles. The molecule has 1 rings (SSSR count). The van der Waals surface area contributed by atoms with Gasteiger partial charge in [-0.3, -0.25) is 4.79 Å². The lowest BCUT2D eigenvalue weighted by Gasteiger charge is -2.02. The van der Waals surface area contributed by atoms with E-state index in [-0.39, 0.29) is 11.4 Å². The number of hydrogen-bond acceptors (Lipinski definition) is 4. The molecule has 1 aromatic heterocycles. The van der Waals surface area contributed by atoms with Gasteiger partial charge in [0, 0.05) is 0 Å². The molecule has 0 aliphatic rings. The van der Waals surface area contributed by atoms with Crippen LogP contribution in [-0.4, -0.2) is 18.0 Å². The Bertz CT molecular complexity index is 312. The number of amides is 1. The average molecular weight is 167 g/mol. The smallest absolute Gasteiger partial charge is 0.252 e. The second-order valence-corrected chi connectivity index (χ2v) is 2.17. The minimum absolute atomic E-state index is 0.114. The predicted octanol–water partition coefficient (Wildman–Crippen LogP) is -0.229. The SMILES string of the molecule is COc1cnc(N)c(C(N)=O)c1. The van der Waals surface area contributed by atoms with Gasteiger partial charge in [0.2, 0.25) is 0 Å². The monoisotopic (exact) mass is 167 g/mol. The minimum Gasteiger partial charge on any atom is -0.495 e. The fourth-order valence-corrected chi connectivity index (χ4v) is 0.765. The second-order valence-electron chi connectivity index (χ2n) is 2.17. The molecule has 12 heavy (non-hydrogen) atoms. The third-order valence-corrected chi connectivity index (χ3v) is 1.39. The van der Waals surface area contributed by atoms with Crippen LogP contribution in [-0.2, 0) is 0 Å². The molecule has 5 nitrogen and oxygen atoms in total. The summed E-state index contributed by atoms with van der Waals surface area (Å²) in [6, 6.07) is 1.45. The summed E-state index contributed by atoms with van der Waals surface area (Å²) in [6.07, 6.45) is 1.42. The van der Waals surface area contributed by atoms with Crippen LogP contribution in [0.4, 0.5) is 5.82 Å². The number of nitrogen functional groups attached to an aromatic ring is 1. The van der Waals surface area contributed by atoms with E-state index in [1.165, 1.54) is 19.4 Å². The highest BCUT2D eigenvalue weighted by Gasteiger charge is 2.07. The van der Waals surface area contributed by atoms with Crippen molar-refractivity contribution in [2.45, 2.75) is 0 Å². The molecule has 1 aromatic rings. The number of rotatable bonds is 2. The molecule has 0 atom stereocenters. The van der Waals surface area contributed by atoms with Crippen LogP contribution in [0.1, 0.15) is 10.4 Å². The fraction of sp³-hybridized carbons (Fsp3) is 0.143. The summed E-state index contributed by atoms with van der Waals surface area (Å²) in [4.78, 5) is 14.5. The zero-order valence-electron chi connectivity index (χ0n) is 6.57. The molecule has 0 saturated carbocycles. The number of primary amides is 1. The van der Waals surface area contributed by atoms with E-state index < -0.39 is 5.91 Å². The van der Waals surface area contributed by atoms with Crippen LogP contribution in [0.2, 0.25) is 0 Å². The molecular formula is C7H9N3O2. The Labute approximate surface area is 69.3 Å². The molecule has 0 radical (unpaired) electrons. The van der Waals surface area contributed by atoms with Gasteiger partial charge in [0.25, 0.3) is 5.91 Å². The Hall–Kier alpha value is -1.78. The summed E-state index contributed by atoms with van der Waals surface area (Å²) in [5.41, 5.74) is 10.6. The first kappa shape index (κ1) is 8.32. The summed E-state index contributed by atoms with van der Waals surface area (Å²) in [6.45, 7) is 0. The van der Waals surface area contributed by atoms with Crippen molar-refractivity contribution in [1.82, 2.24) is 4.98 Å². The van der Waals surface area contributed by atoms with E-state index in [1.807, 2.05) is 0 Å². The normalized spacial score (nSPS) is 9.42. The summed E-state index contributed by atoms with van der Waals surface area (Å²) < 4.78 is 4.83. The molecule has 0 fully saturated rings. The van der Waals surface area contributed by atoms with Gasteiger partial charge in [-0.25, -0.2) is 4.98 Å². The molecule has 64 valence electrons. The standard InChI is InChI=1S/C7H9N3O2/c1-12-4-2-5(7(9)11)6(8)10-3-4/h2-3H,1H3,(H2,8,10)(H2,9,11). The van der Waals surface area contributed by atoms with Crippen LogP contribution in [0.15, 0.2) is 12.3 Å². The summed E-state index contributed by atoms with van der Waals surface area (Å²) in [5.74, 6) is -0.0415. The van der Waals surface area contributed by atoms with E-state index in [0.717, 1.165) is 0 Å². The Balaban J connectivity index is 3.17. The van der Waals surface area contributed by atoms with Crippen LogP contribution < -0.4 is 16.2 Å². The lowest BCUT2D eigenvalue weighted by atomic mass is 10.2. The van der Waals surface area contributed by atoms with Gasteiger partial charge in [-0.15, -0.1) is 0 Å². The number of anilines is 1. The van der Waals surface area contributed by atoms with Gasteiger partial charge >= 0.3 is 0 Å². The maximum absolute atomic E-state index is 10.7. The van der Waals surface area contributed by atoms with Gasteiger partial charge < -0.3 is 16.2 Å². The molecule has 0 aromatic carbocycles. The number of nitrogens with zero attached hydrogens (tertiary/aromatic N) is 1. The van der Waals surface area contributed by atoms with E-state index in [9.17, 15) is 4.79 Å². The van der Waals surface area contributed by atoms with E-state index in [0.29, 0.717) is 5.75 Å². The van der Waals surface area contributed by atoms with Crippen molar-refractivity contribution >= 4 is 11.7 Å². The molecule has 1 amide bonds. The highest BCUT2D eigenvalue weighted by molar-refractivity contribution is 5.97. The molecule has 0 bridgehead atoms. The fourth-order valence-electron chi connectivity index (χ4n) is 0.765. The molecule has 5 heteroatoms. The Morgan fingerprint density at radius 2 is 2.33 bits per heavy atom. The lowest BCUT2D eigenvalue weighted by molar-refractivity contribution is 0.100. The maximum Gasteiger partial charge on any atom is 0.252 e. The second kappa shape index (κ2) is 3.08. The van der Waals surface area contributed by atoms with E-state index in [1.54, 1.807) is 0 Å². The van der Waals surface area contributed by atoms with Crippen LogP contribution >= 0.6 is 0 Å². The molecular weight excluding hydrogens is 158 g/mol. The third-order valence-electron chi connectivity index (χ3n) is 1.39. The topological polar surface area (TPSA) is 91.2 Å². The Morgan fingerprint density at radius 3 is 2.83 bits per heavy atom. The molecule has 1 heterocycles. The van der Waals surface area contributed by atoms with Crippen molar-refractivity contribution in [3.05, 3.63) is 17.8 Å². The average Bonchev–Trinajstić information content (AvgIpc) is 2.05. The van der Waals surface area contributed by atoms with Gasteiger partial charge in [-0.2, -0.15) is 0 Å². The Kier molecular flexibility index (Phi) is 2.14.